The van der Waals surface area contributed by atoms with Gasteiger partial charge < -0.3 is 4.90 Å². The lowest BCUT2D eigenvalue weighted by molar-refractivity contribution is 0.0765. The number of rotatable bonds is 2. The SMILES string of the molecule is CC1=CCCN(C(=O)c2cc(S(=O)(=O)Cl)ccc2C)C1. The lowest BCUT2D eigenvalue weighted by Gasteiger charge is -2.27. The monoisotopic (exact) mass is 313 g/mol. The van der Waals surface area contributed by atoms with Crippen LogP contribution in [0.3, 0.4) is 0 Å². The van der Waals surface area contributed by atoms with Crippen LogP contribution in [0.4, 0.5) is 0 Å². The summed E-state index contributed by atoms with van der Waals surface area (Å²) in [4.78, 5) is 14.2. The maximum Gasteiger partial charge on any atom is 0.261 e. The molecular weight excluding hydrogens is 298 g/mol. The minimum Gasteiger partial charge on any atom is -0.334 e. The second-order valence-corrected chi connectivity index (χ2v) is 7.55. The summed E-state index contributed by atoms with van der Waals surface area (Å²) in [7, 11) is 1.51. The standard InChI is InChI=1S/C14H16ClNO3S/c1-10-4-3-7-16(9-10)14(17)13-8-12(20(15,18)19)6-5-11(13)2/h4-6,8H,3,7,9H2,1-2H3. The Labute approximate surface area is 123 Å². The van der Waals surface area contributed by atoms with Gasteiger partial charge in [0, 0.05) is 29.3 Å². The van der Waals surface area contributed by atoms with Gasteiger partial charge in [0.1, 0.15) is 0 Å². The van der Waals surface area contributed by atoms with Crippen molar-refractivity contribution in [3.63, 3.8) is 0 Å². The second kappa shape index (κ2) is 5.58. The summed E-state index contributed by atoms with van der Waals surface area (Å²) in [6.07, 6.45) is 2.93. The fourth-order valence-corrected chi connectivity index (χ4v) is 3.02. The van der Waals surface area contributed by atoms with Crippen molar-refractivity contribution in [2.24, 2.45) is 0 Å². The summed E-state index contributed by atoms with van der Waals surface area (Å²) in [6.45, 7) is 4.99. The largest absolute Gasteiger partial charge is 0.334 e. The summed E-state index contributed by atoms with van der Waals surface area (Å²) in [5.41, 5.74) is 2.27. The van der Waals surface area contributed by atoms with Crippen LogP contribution >= 0.6 is 10.7 Å². The van der Waals surface area contributed by atoms with Crippen molar-refractivity contribution in [1.82, 2.24) is 4.90 Å². The van der Waals surface area contributed by atoms with Gasteiger partial charge in [-0.1, -0.05) is 17.7 Å². The summed E-state index contributed by atoms with van der Waals surface area (Å²) in [5, 5.41) is 0. The maximum atomic E-state index is 12.5. The van der Waals surface area contributed by atoms with Crippen molar-refractivity contribution in [2.45, 2.75) is 25.2 Å². The molecule has 1 aliphatic heterocycles. The number of carbonyl (C=O) groups excluding carboxylic acids is 1. The van der Waals surface area contributed by atoms with Crippen LogP contribution in [0.5, 0.6) is 0 Å². The number of carbonyl (C=O) groups is 1. The molecule has 0 saturated heterocycles. The molecule has 1 amide bonds. The summed E-state index contributed by atoms with van der Waals surface area (Å²) in [5.74, 6) is -0.155. The molecule has 0 fully saturated rings. The van der Waals surface area contributed by atoms with Crippen LogP contribution in [0.25, 0.3) is 0 Å². The Morgan fingerprint density at radius 2 is 2.00 bits per heavy atom. The van der Waals surface area contributed by atoms with Crippen LogP contribution < -0.4 is 0 Å². The van der Waals surface area contributed by atoms with Crippen molar-refractivity contribution in [3.05, 3.63) is 41.0 Å². The zero-order valence-electron chi connectivity index (χ0n) is 11.4. The number of hydrogen-bond donors (Lipinski definition) is 0. The fraction of sp³-hybridized carbons (Fsp3) is 0.357. The van der Waals surface area contributed by atoms with Gasteiger partial charge in [-0.25, -0.2) is 8.42 Å². The molecular formula is C14H16ClNO3S. The minimum atomic E-state index is -3.83. The van der Waals surface area contributed by atoms with Gasteiger partial charge in [0.15, 0.2) is 0 Å². The van der Waals surface area contributed by atoms with E-state index in [2.05, 4.69) is 6.08 Å². The van der Waals surface area contributed by atoms with Crippen molar-refractivity contribution >= 4 is 25.6 Å². The van der Waals surface area contributed by atoms with Crippen LogP contribution in [0.15, 0.2) is 34.7 Å². The molecule has 0 bridgehead atoms. The normalized spacial score (nSPS) is 15.9. The Balaban J connectivity index is 2.37. The zero-order valence-corrected chi connectivity index (χ0v) is 13.0. The molecule has 1 aromatic rings. The number of benzene rings is 1. The predicted molar refractivity (Wildman–Crippen MR) is 78.5 cm³/mol. The average Bonchev–Trinajstić information content (AvgIpc) is 2.37. The maximum absolute atomic E-state index is 12.5. The Kier molecular flexibility index (Phi) is 4.20. The van der Waals surface area contributed by atoms with Crippen LogP contribution in [-0.4, -0.2) is 32.3 Å². The van der Waals surface area contributed by atoms with Gasteiger partial charge in [-0.3, -0.25) is 4.79 Å². The molecule has 1 aliphatic rings. The third kappa shape index (κ3) is 3.22. The first-order valence-electron chi connectivity index (χ1n) is 6.29. The van der Waals surface area contributed by atoms with Gasteiger partial charge in [-0.2, -0.15) is 0 Å². The van der Waals surface area contributed by atoms with E-state index in [1.54, 1.807) is 17.9 Å². The Morgan fingerprint density at radius 1 is 1.30 bits per heavy atom. The summed E-state index contributed by atoms with van der Waals surface area (Å²) in [6, 6.07) is 4.37. The molecule has 0 atom stereocenters. The van der Waals surface area contributed by atoms with E-state index in [0.29, 0.717) is 18.7 Å². The van der Waals surface area contributed by atoms with Gasteiger partial charge in [-0.05, 0) is 38.0 Å². The minimum absolute atomic E-state index is 0.0441. The molecule has 1 aromatic carbocycles. The second-order valence-electron chi connectivity index (χ2n) is 4.98. The van der Waals surface area contributed by atoms with E-state index in [4.69, 9.17) is 10.7 Å². The smallest absolute Gasteiger partial charge is 0.261 e. The molecule has 20 heavy (non-hydrogen) atoms. The highest BCUT2D eigenvalue weighted by molar-refractivity contribution is 8.13. The first-order chi connectivity index (χ1) is 9.29. The highest BCUT2D eigenvalue weighted by atomic mass is 35.7. The number of halogens is 1. The van der Waals surface area contributed by atoms with E-state index in [1.807, 2.05) is 6.92 Å². The number of nitrogens with zero attached hydrogens (tertiary/aromatic N) is 1. The van der Waals surface area contributed by atoms with Crippen LogP contribution in [0.1, 0.15) is 29.3 Å². The predicted octanol–water partition coefficient (Wildman–Crippen LogP) is 2.71. The van der Waals surface area contributed by atoms with Crippen molar-refractivity contribution in [2.75, 3.05) is 13.1 Å². The topological polar surface area (TPSA) is 54.5 Å². The molecule has 0 N–H and O–H groups in total. The van der Waals surface area contributed by atoms with E-state index in [0.717, 1.165) is 17.6 Å². The molecule has 1 heterocycles. The molecule has 108 valence electrons. The summed E-state index contributed by atoms with van der Waals surface area (Å²) >= 11 is 0. The molecule has 0 aromatic heterocycles. The third-order valence-corrected chi connectivity index (χ3v) is 4.69. The lowest BCUT2D eigenvalue weighted by Crippen LogP contribution is -2.35. The van der Waals surface area contributed by atoms with Gasteiger partial charge in [-0.15, -0.1) is 0 Å². The molecule has 4 nitrogen and oxygen atoms in total. The summed E-state index contributed by atoms with van der Waals surface area (Å²) < 4.78 is 22.8. The highest BCUT2D eigenvalue weighted by Gasteiger charge is 2.21. The lowest BCUT2D eigenvalue weighted by atomic mass is 10.1. The fourth-order valence-electron chi connectivity index (χ4n) is 2.24. The van der Waals surface area contributed by atoms with Gasteiger partial charge in [0.25, 0.3) is 15.0 Å². The molecule has 6 heteroatoms. The first kappa shape index (κ1) is 15.1. The third-order valence-electron chi connectivity index (χ3n) is 3.34. The van der Waals surface area contributed by atoms with Gasteiger partial charge in [0.2, 0.25) is 0 Å². The van der Waals surface area contributed by atoms with Crippen LogP contribution in [-0.2, 0) is 9.05 Å². The van der Waals surface area contributed by atoms with Crippen molar-refractivity contribution in [1.29, 1.82) is 0 Å². The van der Waals surface area contributed by atoms with Gasteiger partial charge in [0.05, 0.1) is 4.90 Å². The van der Waals surface area contributed by atoms with Crippen molar-refractivity contribution in [3.8, 4) is 0 Å². The van der Waals surface area contributed by atoms with E-state index in [9.17, 15) is 13.2 Å². The van der Waals surface area contributed by atoms with E-state index in [1.165, 1.54) is 12.1 Å². The molecule has 0 aliphatic carbocycles. The van der Waals surface area contributed by atoms with Crippen LogP contribution in [0, 0.1) is 6.92 Å². The molecule has 2 rings (SSSR count). The van der Waals surface area contributed by atoms with Crippen molar-refractivity contribution < 1.29 is 13.2 Å². The zero-order chi connectivity index (χ0) is 14.9. The highest BCUT2D eigenvalue weighted by Crippen LogP contribution is 2.21. The number of hydrogen-bond acceptors (Lipinski definition) is 3. The number of aryl methyl sites for hydroxylation is 1. The number of amides is 1. The van der Waals surface area contributed by atoms with E-state index in [-0.39, 0.29) is 10.8 Å². The van der Waals surface area contributed by atoms with E-state index >= 15 is 0 Å². The van der Waals surface area contributed by atoms with Gasteiger partial charge >= 0.3 is 0 Å². The Bertz CT molecular complexity index is 680. The molecule has 0 radical (unpaired) electrons. The van der Waals surface area contributed by atoms with E-state index < -0.39 is 9.05 Å². The van der Waals surface area contributed by atoms with Crippen LogP contribution in [0.2, 0.25) is 0 Å². The first-order valence-corrected chi connectivity index (χ1v) is 8.60. The Hall–Kier alpha value is -1.33. The molecule has 0 saturated carbocycles. The quantitative estimate of drug-likeness (QED) is 0.623. The Morgan fingerprint density at radius 3 is 2.60 bits per heavy atom. The molecule has 0 spiro atoms. The average molecular weight is 314 g/mol. The molecule has 0 unspecified atom stereocenters.